The number of nitro groups is 1. The summed E-state index contributed by atoms with van der Waals surface area (Å²) in [5.74, 6) is -0.387. The minimum absolute atomic E-state index is 0.0750. The Kier molecular flexibility index (Phi) is 3.77. The lowest BCUT2D eigenvalue weighted by Crippen LogP contribution is -2.39. The Labute approximate surface area is 114 Å². The molecule has 19 heavy (non-hydrogen) atoms. The first-order valence-corrected chi connectivity index (χ1v) is 6.99. The highest BCUT2D eigenvalue weighted by Gasteiger charge is 2.43. The largest absolute Gasteiger partial charge is 0.394 e. The molecule has 6 nitrogen and oxygen atoms in total. The summed E-state index contributed by atoms with van der Waals surface area (Å²) in [6.07, 6.45) is 3.22. The molecular formula is C12H14N2O4S. The molecule has 0 unspecified atom stereocenters. The molecule has 1 aliphatic rings. The second kappa shape index (κ2) is 5.18. The van der Waals surface area contributed by atoms with E-state index >= 15 is 0 Å². The normalized spacial score (nSPS) is 15.9. The van der Waals surface area contributed by atoms with Crippen molar-refractivity contribution in [2.24, 2.45) is 0 Å². The summed E-state index contributed by atoms with van der Waals surface area (Å²) < 4.78 is 0. The van der Waals surface area contributed by atoms with Crippen LogP contribution in [0.5, 0.6) is 0 Å². The van der Waals surface area contributed by atoms with Crippen LogP contribution in [0.2, 0.25) is 0 Å². The molecule has 1 fully saturated rings. The molecular weight excluding hydrogens is 268 g/mol. The molecule has 0 bridgehead atoms. The molecule has 102 valence electrons. The van der Waals surface area contributed by atoms with Gasteiger partial charge in [-0.3, -0.25) is 14.9 Å². The van der Waals surface area contributed by atoms with Gasteiger partial charge in [-0.1, -0.05) is 0 Å². The molecule has 1 saturated carbocycles. The van der Waals surface area contributed by atoms with Crippen molar-refractivity contribution in [1.82, 2.24) is 5.32 Å². The van der Waals surface area contributed by atoms with Crippen LogP contribution in [0.3, 0.4) is 0 Å². The third-order valence-corrected chi connectivity index (χ3v) is 3.96. The minimum atomic E-state index is -0.524. The number of amides is 1. The fraction of sp³-hybridized carbons (Fsp3) is 0.417. The third kappa shape index (κ3) is 2.87. The van der Waals surface area contributed by atoms with E-state index in [-0.39, 0.29) is 23.8 Å². The summed E-state index contributed by atoms with van der Waals surface area (Å²) in [4.78, 5) is 22.9. The smallest absolute Gasteiger partial charge is 0.283 e. The van der Waals surface area contributed by atoms with Gasteiger partial charge >= 0.3 is 0 Å². The number of nitro benzene ring substituents is 1. The van der Waals surface area contributed by atoms with Gasteiger partial charge in [0.25, 0.3) is 11.6 Å². The lowest BCUT2D eigenvalue weighted by atomic mass is 10.1. The fourth-order valence-corrected chi connectivity index (χ4v) is 2.31. The number of hydrogen-bond donors (Lipinski definition) is 2. The van der Waals surface area contributed by atoms with E-state index in [1.807, 2.05) is 0 Å². The van der Waals surface area contributed by atoms with Crippen molar-refractivity contribution in [2.75, 3.05) is 12.9 Å². The van der Waals surface area contributed by atoms with Gasteiger partial charge in [-0.25, -0.2) is 0 Å². The van der Waals surface area contributed by atoms with Gasteiger partial charge in [0.1, 0.15) is 0 Å². The average molecular weight is 282 g/mol. The number of nitrogens with zero attached hydrogens (tertiary/aromatic N) is 1. The van der Waals surface area contributed by atoms with Crippen molar-refractivity contribution in [3.8, 4) is 0 Å². The molecule has 1 aromatic rings. The summed E-state index contributed by atoms with van der Waals surface area (Å²) in [7, 11) is 0. The number of hydrogen-bond acceptors (Lipinski definition) is 5. The minimum Gasteiger partial charge on any atom is -0.394 e. The van der Waals surface area contributed by atoms with Gasteiger partial charge < -0.3 is 10.4 Å². The summed E-state index contributed by atoms with van der Waals surface area (Å²) >= 11 is 1.26. The van der Waals surface area contributed by atoms with Crippen LogP contribution < -0.4 is 5.32 Å². The van der Waals surface area contributed by atoms with Crippen LogP contribution in [0.25, 0.3) is 0 Å². The quantitative estimate of drug-likeness (QED) is 0.486. The summed E-state index contributed by atoms with van der Waals surface area (Å²) in [5.41, 5.74) is -0.359. The Morgan fingerprint density at radius 3 is 2.74 bits per heavy atom. The van der Waals surface area contributed by atoms with Crippen molar-refractivity contribution >= 4 is 23.4 Å². The molecule has 0 aromatic heterocycles. The Bertz CT molecular complexity index is 528. The highest BCUT2D eigenvalue weighted by Crippen LogP contribution is 2.35. The van der Waals surface area contributed by atoms with Gasteiger partial charge in [0.15, 0.2) is 0 Å². The number of aliphatic hydroxyl groups excluding tert-OH is 1. The maximum absolute atomic E-state index is 12.0. The van der Waals surface area contributed by atoms with Gasteiger partial charge in [-0.05, 0) is 31.2 Å². The molecule has 2 rings (SSSR count). The second-order valence-electron chi connectivity index (χ2n) is 4.54. The van der Waals surface area contributed by atoms with Crippen LogP contribution in [0.4, 0.5) is 5.69 Å². The average Bonchev–Trinajstić information content (AvgIpc) is 3.18. The second-order valence-corrected chi connectivity index (χ2v) is 5.38. The molecule has 0 aliphatic heterocycles. The molecule has 2 N–H and O–H groups in total. The van der Waals surface area contributed by atoms with Crippen molar-refractivity contribution < 1.29 is 14.8 Å². The zero-order valence-corrected chi connectivity index (χ0v) is 11.2. The summed E-state index contributed by atoms with van der Waals surface area (Å²) in [6.45, 7) is -0.107. The number of aliphatic hydroxyl groups is 1. The Hall–Kier alpha value is -1.60. The molecule has 0 radical (unpaired) electrons. The SMILES string of the molecule is CSc1ccc(C(=O)NC2(CO)CC2)cc1[N+](=O)[O-]. The number of benzene rings is 1. The molecule has 7 heteroatoms. The van der Waals surface area contributed by atoms with Crippen molar-refractivity contribution in [2.45, 2.75) is 23.3 Å². The molecule has 0 saturated heterocycles. The summed E-state index contributed by atoms with van der Waals surface area (Å²) in [6, 6.07) is 4.40. The number of carbonyl (C=O) groups excluding carboxylic acids is 1. The predicted octanol–water partition coefficient (Wildman–Crippen LogP) is 1.57. The van der Waals surface area contributed by atoms with Gasteiger partial charge in [-0.2, -0.15) is 0 Å². The van der Waals surface area contributed by atoms with Gasteiger partial charge in [0, 0.05) is 11.6 Å². The van der Waals surface area contributed by atoms with Crippen LogP contribution >= 0.6 is 11.8 Å². The monoisotopic (exact) mass is 282 g/mol. The van der Waals surface area contributed by atoms with E-state index < -0.39 is 10.5 Å². The molecule has 1 amide bonds. The first-order chi connectivity index (χ1) is 9.01. The van der Waals surface area contributed by atoms with E-state index in [4.69, 9.17) is 5.11 Å². The first-order valence-electron chi connectivity index (χ1n) is 5.77. The lowest BCUT2D eigenvalue weighted by molar-refractivity contribution is -0.387. The molecule has 1 aromatic carbocycles. The standard InChI is InChI=1S/C12H14N2O4S/c1-19-10-3-2-8(6-9(10)14(17)18)11(16)13-12(7-15)4-5-12/h2-3,6,15H,4-5,7H2,1H3,(H,13,16). The third-order valence-electron chi connectivity index (χ3n) is 3.17. The molecule has 0 atom stereocenters. The Morgan fingerprint density at radius 1 is 1.58 bits per heavy atom. The highest BCUT2D eigenvalue weighted by molar-refractivity contribution is 7.98. The van der Waals surface area contributed by atoms with Gasteiger partial charge in [0.05, 0.1) is 22.0 Å². The van der Waals surface area contributed by atoms with Crippen LogP contribution in [0, 0.1) is 10.1 Å². The van der Waals surface area contributed by atoms with Crippen LogP contribution in [-0.4, -0.2) is 34.3 Å². The number of rotatable bonds is 5. The van der Waals surface area contributed by atoms with Crippen molar-refractivity contribution in [3.05, 3.63) is 33.9 Å². The van der Waals surface area contributed by atoms with E-state index in [0.29, 0.717) is 4.90 Å². The van der Waals surface area contributed by atoms with E-state index in [9.17, 15) is 14.9 Å². The predicted molar refractivity (Wildman–Crippen MR) is 71.4 cm³/mol. The van der Waals surface area contributed by atoms with Crippen LogP contribution in [-0.2, 0) is 0 Å². The fourth-order valence-electron chi connectivity index (χ4n) is 1.76. The van der Waals surface area contributed by atoms with Gasteiger partial charge in [-0.15, -0.1) is 11.8 Å². The summed E-state index contributed by atoms with van der Waals surface area (Å²) in [5, 5.41) is 22.8. The zero-order chi connectivity index (χ0) is 14.0. The van der Waals surface area contributed by atoms with Crippen LogP contribution in [0.1, 0.15) is 23.2 Å². The Balaban J connectivity index is 2.23. The topological polar surface area (TPSA) is 92.5 Å². The maximum Gasteiger partial charge on any atom is 0.283 e. The molecule has 0 spiro atoms. The molecule has 1 aliphatic carbocycles. The van der Waals surface area contributed by atoms with Crippen molar-refractivity contribution in [1.29, 1.82) is 0 Å². The Morgan fingerprint density at radius 2 is 2.26 bits per heavy atom. The number of nitrogens with one attached hydrogen (secondary N) is 1. The zero-order valence-electron chi connectivity index (χ0n) is 10.4. The number of thioether (sulfide) groups is 1. The van der Waals surface area contributed by atoms with E-state index in [1.165, 1.54) is 17.8 Å². The maximum atomic E-state index is 12.0. The lowest BCUT2D eigenvalue weighted by Gasteiger charge is -2.14. The number of carbonyl (C=O) groups is 1. The highest BCUT2D eigenvalue weighted by atomic mass is 32.2. The van der Waals surface area contributed by atoms with E-state index in [0.717, 1.165) is 12.8 Å². The van der Waals surface area contributed by atoms with Crippen LogP contribution in [0.15, 0.2) is 23.1 Å². The molecule has 0 heterocycles. The van der Waals surface area contributed by atoms with E-state index in [1.54, 1.807) is 18.4 Å². The van der Waals surface area contributed by atoms with Crippen molar-refractivity contribution in [3.63, 3.8) is 0 Å². The van der Waals surface area contributed by atoms with E-state index in [2.05, 4.69) is 5.32 Å². The first kappa shape index (κ1) is 13.8. The van der Waals surface area contributed by atoms with Gasteiger partial charge in [0.2, 0.25) is 0 Å².